The van der Waals surface area contributed by atoms with Crippen molar-refractivity contribution in [1.29, 1.82) is 0 Å². The van der Waals surface area contributed by atoms with Crippen LogP contribution in [-0.2, 0) is 4.79 Å². The third-order valence-electron chi connectivity index (χ3n) is 7.63. The second-order valence-electron chi connectivity index (χ2n) is 10.2. The highest BCUT2D eigenvalue weighted by molar-refractivity contribution is 6.02. The fraction of sp³-hybridized carbons (Fsp3) is 0.333. The summed E-state index contributed by atoms with van der Waals surface area (Å²) in [6, 6.07) is 21.0. The zero-order valence-corrected chi connectivity index (χ0v) is 24.4. The largest absolute Gasteiger partial charge is 0.496 e. The van der Waals surface area contributed by atoms with E-state index in [-0.39, 0.29) is 18.4 Å². The molecular weight excluding hydrogens is 530 g/mol. The Kier molecular flexibility index (Phi) is 9.16. The van der Waals surface area contributed by atoms with Crippen LogP contribution in [0.2, 0.25) is 0 Å². The van der Waals surface area contributed by atoms with Crippen LogP contribution in [0.5, 0.6) is 11.5 Å². The summed E-state index contributed by atoms with van der Waals surface area (Å²) in [6.45, 7) is 6.75. The molecule has 3 aromatic carbocycles. The Morgan fingerprint density at radius 2 is 1.62 bits per heavy atom. The molecule has 2 amide bonds. The fourth-order valence-corrected chi connectivity index (χ4v) is 5.29. The summed E-state index contributed by atoms with van der Waals surface area (Å²) in [7, 11) is 1.58. The average molecular weight is 568 g/mol. The molecule has 42 heavy (non-hydrogen) atoms. The van der Waals surface area contributed by atoms with Crippen molar-refractivity contribution in [3.63, 3.8) is 0 Å². The lowest BCUT2D eigenvalue weighted by molar-refractivity contribution is -0.132. The standard InChI is InChI=1S/C33H37N5O4/c1-4-37(5-2)30(39)22-42-25-16-13-23(14-17-25)31-26-11-7-8-12-27(26)32(36-35-31)34-24-15-18-29(41-3)28(21-24)33(40)38-19-9-6-10-20-38/h7-8,11-18,21H,4-6,9-10,19-20,22H2,1-3H3,(H,34,36). The van der Waals surface area contributed by atoms with Gasteiger partial charge in [-0.3, -0.25) is 9.59 Å². The quantitative estimate of drug-likeness (QED) is 0.254. The molecule has 1 N–H and O–H groups in total. The lowest BCUT2D eigenvalue weighted by Gasteiger charge is -2.27. The van der Waals surface area contributed by atoms with Crippen molar-refractivity contribution in [2.24, 2.45) is 0 Å². The first-order chi connectivity index (χ1) is 20.5. The third kappa shape index (κ3) is 6.30. The monoisotopic (exact) mass is 567 g/mol. The van der Waals surface area contributed by atoms with E-state index in [2.05, 4.69) is 15.5 Å². The van der Waals surface area contributed by atoms with Crippen LogP contribution in [0.1, 0.15) is 43.5 Å². The molecule has 2 heterocycles. The Bertz CT molecular complexity index is 1550. The molecule has 218 valence electrons. The normalized spacial score (nSPS) is 13.1. The highest BCUT2D eigenvalue weighted by atomic mass is 16.5. The molecular formula is C33H37N5O4. The van der Waals surface area contributed by atoms with Crippen molar-refractivity contribution < 1.29 is 19.1 Å². The molecule has 4 aromatic rings. The average Bonchev–Trinajstić information content (AvgIpc) is 3.05. The molecule has 0 bridgehead atoms. The molecule has 1 aromatic heterocycles. The zero-order chi connectivity index (χ0) is 29.5. The number of carbonyl (C=O) groups excluding carboxylic acids is 2. The van der Waals surface area contributed by atoms with Gasteiger partial charge in [0.1, 0.15) is 17.2 Å². The highest BCUT2D eigenvalue weighted by Gasteiger charge is 2.22. The minimum atomic E-state index is -0.0381. The number of nitrogens with zero attached hydrogens (tertiary/aromatic N) is 4. The summed E-state index contributed by atoms with van der Waals surface area (Å²) in [5.41, 5.74) is 2.87. The van der Waals surface area contributed by atoms with Gasteiger partial charge in [0.05, 0.1) is 12.7 Å². The summed E-state index contributed by atoms with van der Waals surface area (Å²) in [5, 5.41) is 14.3. The number of anilines is 2. The number of ether oxygens (including phenoxy) is 2. The first-order valence-corrected chi connectivity index (χ1v) is 14.5. The number of likely N-dealkylation sites (N-methyl/N-ethyl adjacent to an activating group) is 1. The number of benzene rings is 3. The molecule has 0 atom stereocenters. The molecule has 0 unspecified atom stereocenters. The summed E-state index contributed by atoms with van der Waals surface area (Å²) in [4.78, 5) is 29.2. The minimum absolute atomic E-state index is 0.000826. The van der Waals surface area contributed by atoms with E-state index in [1.54, 1.807) is 12.0 Å². The van der Waals surface area contributed by atoms with Crippen molar-refractivity contribution in [3.8, 4) is 22.8 Å². The molecule has 5 rings (SSSR count). The van der Waals surface area contributed by atoms with Gasteiger partial charge in [-0.05, 0) is 75.6 Å². The highest BCUT2D eigenvalue weighted by Crippen LogP contribution is 2.33. The maximum atomic E-state index is 13.3. The second kappa shape index (κ2) is 13.3. The van der Waals surface area contributed by atoms with Crippen molar-refractivity contribution in [2.75, 3.05) is 45.2 Å². The van der Waals surface area contributed by atoms with Crippen LogP contribution in [0.3, 0.4) is 0 Å². The number of fused-ring (bicyclic) bond motifs is 1. The van der Waals surface area contributed by atoms with Crippen molar-refractivity contribution in [2.45, 2.75) is 33.1 Å². The molecule has 0 spiro atoms. The Morgan fingerprint density at radius 3 is 2.31 bits per heavy atom. The van der Waals surface area contributed by atoms with Gasteiger partial charge < -0.3 is 24.6 Å². The maximum absolute atomic E-state index is 13.3. The van der Waals surface area contributed by atoms with Gasteiger partial charge >= 0.3 is 0 Å². The number of hydrogen-bond donors (Lipinski definition) is 1. The van der Waals surface area contributed by atoms with Crippen molar-refractivity contribution in [3.05, 3.63) is 72.3 Å². The Morgan fingerprint density at radius 1 is 0.905 bits per heavy atom. The van der Waals surface area contributed by atoms with E-state index in [1.807, 2.05) is 85.5 Å². The number of likely N-dealkylation sites (tertiary alicyclic amines) is 1. The molecule has 1 aliphatic rings. The van der Waals surface area contributed by atoms with Gasteiger partial charge in [0, 0.05) is 48.2 Å². The van der Waals surface area contributed by atoms with Crippen molar-refractivity contribution in [1.82, 2.24) is 20.0 Å². The topological polar surface area (TPSA) is 96.9 Å². The molecule has 9 heteroatoms. The van der Waals surface area contributed by atoms with Crippen LogP contribution < -0.4 is 14.8 Å². The number of amides is 2. The van der Waals surface area contributed by atoms with E-state index >= 15 is 0 Å². The summed E-state index contributed by atoms with van der Waals surface area (Å²) in [6.07, 6.45) is 3.19. The van der Waals surface area contributed by atoms with Gasteiger partial charge in [-0.2, -0.15) is 0 Å². The summed E-state index contributed by atoms with van der Waals surface area (Å²) in [5.74, 6) is 1.69. The number of nitrogens with one attached hydrogen (secondary N) is 1. The molecule has 0 saturated carbocycles. The first-order valence-electron chi connectivity index (χ1n) is 14.5. The van der Waals surface area contributed by atoms with Crippen molar-refractivity contribution >= 4 is 34.1 Å². The van der Waals surface area contributed by atoms with Crippen LogP contribution in [0.15, 0.2) is 66.7 Å². The molecule has 0 radical (unpaired) electrons. The van der Waals surface area contributed by atoms with E-state index in [1.165, 1.54) is 0 Å². The van der Waals surface area contributed by atoms with Gasteiger partial charge in [-0.25, -0.2) is 0 Å². The zero-order valence-electron chi connectivity index (χ0n) is 24.4. The van der Waals surface area contributed by atoms with Crippen LogP contribution >= 0.6 is 0 Å². The van der Waals surface area contributed by atoms with E-state index in [4.69, 9.17) is 9.47 Å². The minimum Gasteiger partial charge on any atom is -0.496 e. The molecule has 9 nitrogen and oxygen atoms in total. The maximum Gasteiger partial charge on any atom is 0.260 e. The Balaban J connectivity index is 1.38. The van der Waals surface area contributed by atoms with Crippen LogP contribution in [0.4, 0.5) is 11.5 Å². The lowest BCUT2D eigenvalue weighted by atomic mass is 10.0. The molecule has 1 saturated heterocycles. The molecule has 1 fully saturated rings. The van der Waals surface area contributed by atoms with E-state index in [9.17, 15) is 9.59 Å². The fourth-order valence-electron chi connectivity index (χ4n) is 5.29. The Hall–Kier alpha value is -4.66. The number of aromatic nitrogens is 2. The van der Waals surface area contributed by atoms with Gasteiger partial charge in [0.25, 0.3) is 11.8 Å². The smallest absolute Gasteiger partial charge is 0.260 e. The third-order valence-corrected chi connectivity index (χ3v) is 7.63. The summed E-state index contributed by atoms with van der Waals surface area (Å²) < 4.78 is 11.2. The van der Waals surface area contributed by atoms with Gasteiger partial charge in [0.15, 0.2) is 12.4 Å². The first kappa shape index (κ1) is 28.9. The number of hydrogen-bond acceptors (Lipinski definition) is 7. The van der Waals surface area contributed by atoms with Crippen LogP contribution in [-0.4, -0.2) is 71.7 Å². The van der Waals surface area contributed by atoms with Gasteiger partial charge in [-0.15, -0.1) is 10.2 Å². The number of rotatable bonds is 10. The molecule has 1 aliphatic heterocycles. The Labute approximate surface area is 246 Å². The van der Waals surface area contributed by atoms with Crippen LogP contribution in [0.25, 0.3) is 22.0 Å². The molecule has 0 aliphatic carbocycles. The van der Waals surface area contributed by atoms with Crippen LogP contribution in [0, 0.1) is 0 Å². The predicted molar refractivity (Wildman–Crippen MR) is 164 cm³/mol. The van der Waals surface area contributed by atoms with E-state index in [0.717, 1.165) is 60.1 Å². The number of carbonyl (C=O) groups is 2. The van der Waals surface area contributed by atoms with E-state index in [0.29, 0.717) is 36.0 Å². The number of methoxy groups -OCH3 is 1. The SMILES string of the molecule is CCN(CC)C(=O)COc1ccc(-c2nnc(Nc3ccc(OC)c(C(=O)N4CCCCC4)c3)c3ccccc23)cc1. The predicted octanol–water partition coefficient (Wildman–Crippen LogP) is 5.92. The summed E-state index contributed by atoms with van der Waals surface area (Å²) >= 11 is 0. The van der Waals surface area contributed by atoms with Gasteiger partial charge in [-0.1, -0.05) is 24.3 Å². The number of piperidine rings is 1. The lowest BCUT2D eigenvalue weighted by Crippen LogP contribution is -2.35. The second-order valence-corrected chi connectivity index (χ2v) is 10.2. The van der Waals surface area contributed by atoms with Gasteiger partial charge in [0.2, 0.25) is 0 Å². The van der Waals surface area contributed by atoms with E-state index < -0.39 is 0 Å².